The Kier molecular flexibility index (Phi) is 5.58. The number of rotatable bonds is 5. The van der Waals surface area contributed by atoms with Crippen molar-refractivity contribution in [3.63, 3.8) is 0 Å². The second kappa shape index (κ2) is 8.87. The molecule has 0 amide bonds. The van der Waals surface area contributed by atoms with Crippen molar-refractivity contribution in [2.75, 3.05) is 5.43 Å². The molecular formula is C30H39N7S2. The largest absolute Gasteiger partial charge is 0.375 e. The van der Waals surface area contributed by atoms with Gasteiger partial charge in [-0.3, -0.25) is 10.4 Å². The zero-order chi connectivity index (χ0) is 26.4. The third kappa shape index (κ3) is 4.17. The van der Waals surface area contributed by atoms with E-state index in [1.165, 1.54) is 57.8 Å². The zero-order valence-electron chi connectivity index (χ0n) is 22.5. The average molecular weight is 562 g/mol. The number of hydrazine groups is 1. The van der Waals surface area contributed by atoms with E-state index in [0.29, 0.717) is 10.2 Å². The molecule has 0 radical (unpaired) electrons. The van der Waals surface area contributed by atoms with Crippen LogP contribution in [0.5, 0.6) is 0 Å². The molecule has 10 rings (SSSR count). The fourth-order valence-electron chi connectivity index (χ4n) is 10.8. The van der Waals surface area contributed by atoms with E-state index < -0.39 is 0 Å². The van der Waals surface area contributed by atoms with Crippen molar-refractivity contribution in [3.8, 4) is 0 Å². The summed E-state index contributed by atoms with van der Waals surface area (Å²) in [5.41, 5.74) is 11.9. The van der Waals surface area contributed by atoms with Crippen LogP contribution in [-0.2, 0) is 0 Å². The molecule has 0 aliphatic heterocycles. The Morgan fingerprint density at radius 2 is 1.38 bits per heavy atom. The van der Waals surface area contributed by atoms with Gasteiger partial charge in [-0.15, -0.1) is 10.2 Å². The van der Waals surface area contributed by atoms with Crippen LogP contribution in [-0.4, -0.2) is 31.3 Å². The summed E-state index contributed by atoms with van der Waals surface area (Å²) in [7, 11) is 0. The molecule has 0 atom stereocenters. The van der Waals surface area contributed by atoms with Crippen LogP contribution in [0.1, 0.15) is 77.0 Å². The molecule has 1 aromatic carbocycles. The SMILES string of the molecule is NC(=S)N(Nc1[nH]c2ccccc2c1N=NC(=S)NC12CC3CC(CC(C3)C1)C2)C12CC3CC(CC(C3)C1)C2. The van der Waals surface area contributed by atoms with Crippen LogP contribution in [0.3, 0.4) is 0 Å². The van der Waals surface area contributed by atoms with E-state index in [0.717, 1.165) is 77.2 Å². The highest BCUT2D eigenvalue weighted by Gasteiger charge is 2.55. The number of azo groups is 1. The zero-order valence-corrected chi connectivity index (χ0v) is 24.1. The number of benzene rings is 1. The Labute approximate surface area is 241 Å². The summed E-state index contributed by atoms with van der Waals surface area (Å²) in [4.78, 5) is 3.55. The van der Waals surface area contributed by atoms with Gasteiger partial charge in [-0.1, -0.05) is 18.2 Å². The molecule has 0 saturated heterocycles. The molecule has 8 fully saturated rings. The number of hydrogen-bond acceptors (Lipinski definition) is 4. The number of hydrogen-bond donors (Lipinski definition) is 4. The van der Waals surface area contributed by atoms with Gasteiger partial charge in [-0.2, -0.15) is 0 Å². The molecule has 0 spiro atoms. The van der Waals surface area contributed by atoms with Crippen LogP contribution < -0.4 is 16.5 Å². The Bertz CT molecular complexity index is 1290. The van der Waals surface area contributed by atoms with Crippen LogP contribution in [0.4, 0.5) is 11.5 Å². The molecule has 39 heavy (non-hydrogen) atoms. The van der Waals surface area contributed by atoms with Crippen LogP contribution in [0.15, 0.2) is 34.5 Å². The van der Waals surface area contributed by atoms with E-state index in [-0.39, 0.29) is 11.1 Å². The normalized spacial score (nSPS) is 39.5. The predicted octanol–water partition coefficient (Wildman–Crippen LogP) is 6.94. The smallest absolute Gasteiger partial charge is 0.214 e. The first-order chi connectivity index (χ1) is 18.9. The average Bonchev–Trinajstić information content (AvgIpc) is 3.21. The van der Waals surface area contributed by atoms with Gasteiger partial charge in [0.05, 0.1) is 5.54 Å². The fourth-order valence-corrected chi connectivity index (χ4v) is 11.3. The first kappa shape index (κ1) is 24.5. The van der Waals surface area contributed by atoms with Gasteiger partial charge in [0.15, 0.2) is 10.9 Å². The highest BCUT2D eigenvalue weighted by Crippen LogP contribution is 2.58. The number of para-hydroxylation sites is 1. The minimum Gasteiger partial charge on any atom is -0.375 e. The fraction of sp³-hybridized carbons (Fsp3) is 0.667. The number of H-pyrrole nitrogens is 1. The van der Waals surface area contributed by atoms with Crippen molar-refractivity contribution >= 4 is 57.1 Å². The second-order valence-corrected chi connectivity index (χ2v) is 15.0. The minimum atomic E-state index is -0.0261. The standard InChI is InChI=1S/C30H39N7S2/c31-27(38)37(30-14-20-8-21(15-30)10-22(9-20)16-30)36-26-25(23-3-1-2-4-24(23)32-26)34-35-28(39)33-29-11-17-5-18(12-29)7-19(6-17)13-29/h1-4,17-22,32,36H,5-16H2,(H2,31,38)(H,33,39). The number of anilines is 1. The van der Waals surface area contributed by atoms with Crippen molar-refractivity contribution in [2.45, 2.75) is 88.1 Å². The number of nitrogens with two attached hydrogens (primary N) is 1. The molecule has 5 N–H and O–H groups in total. The lowest BCUT2D eigenvalue weighted by atomic mass is 9.53. The van der Waals surface area contributed by atoms with Gasteiger partial charge < -0.3 is 16.0 Å². The summed E-state index contributed by atoms with van der Waals surface area (Å²) in [5.74, 6) is 5.68. The van der Waals surface area contributed by atoms with Crippen LogP contribution in [0.2, 0.25) is 0 Å². The van der Waals surface area contributed by atoms with Gasteiger partial charge in [-0.05, 0) is 143 Å². The Hall–Kier alpha value is -2.26. The van der Waals surface area contributed by atoms with Crippen LogP contribution in [0, 0.1) is 35.5 Å². The summed E-state index contributed by atoms with van der Waals surface area (Å²) in [6, 6.07) is 8.22. The van der Waals surface area contributed by atoms with E-state index in [1.807, 2.05) is 12.1 Å². The summed E-state index contributed by atoms with van der Waals surface area (Å²) in [5, 5.41) is 17.1. The van der Waals surface area contributed by atoms with Crippen molar-refractivity contribution in [1.82, 2.24) is 15.3 Å². The number of nitrogens with one attached hydrogen (secondary N) is 3. The Balaban J connectivity index is 1.08. The number of fused-ring (bicyclic) bond motifs is 1. The topological polar surface area (TPSA) is 93.8 Å². The molecule has 8 aliphatic carbocycles. The number of aromatic nitrogens is 1. The third-order valence-electron chi connectivity index (χ3n) is 11.3. The lowest BCUT2D eigenvalue weighted by Gasteiger charge is -2.60. The van der Waals surface area contributed by atoms with Crippen molar-refractivity contribution < 1.29 is 0 Å². The summed E-state index contributed by atoms with van der Waals surface area (Å²) in [6.45, 7) is 0. The summed E-state index contributed by atoms with van der Waals surface area (Å²) >= 11 is 11.5. The highest BCUT2D eigenvalue weighted by atomic mass is 32.1. The highest BCUT2D eigenvalue weighted by molar-refractivity contribution is 7.80. The van der Waals surface area contributed by atoms with E-state index in [1.54, 1.807) is 0 Å². The van der Waals surface area contributed by atoms with E-state index >= 15 is 0 Å². The molecule has 1 aromatic heterocycles. The lowest BCUT2D eigenvalue weighted by molar-refractivity contribution is -0.0545. The number of thiocarbonyl (C=S) groups is 2. The van der Waals surface area contributed by atoms with Gasteiger partial charge in [0, 0.05) is 16.4 Å². The second-order valence-electron chi connectivity index (χ2n) is 14.1. The third-order valence-corrected chi connectivity index (χ3v) is 11.6. The van der Waals surface area contributed by atoms with Gasteiger partial charge in [0.25, 0.3) is 0 Å². The number of nitrogens with zero attached hydrogens (tertiary/aromatic N) is 3. The molecule has 8 bridgehead atoms. The monoisotopic (exact) mass is 561 g/mol. The van der Waals surface area contributed by atoms with Crippen molar-refractivity contribution in [1.29, 1.82) is 0 Å². The first-order valence-electron chi connectivity index (χ1n) is 15.1. The van der Waals surface area contributed by atoms with E-state index in [9.17, 15) is 0 Å². The van der Waals surface area contributed by atoms with Gasteiger partial charge in [-0.25, -0.2) is 0 Å². The minimum absolute atomic E-state index is 0.0261. The Morgan fingerprint density at radius 3 is 1.95 bits per heavy atom. The van der Waals surface area contributed by atoms with E-state index in [4.69, 9.17) is 35.3 Å². The first-order valence-corrected chi connectivity index (χ1v) is 15.9. The van der Waals surface area contributed by atoms with Crippen LogP contribution >= 0.6 is 24.4 Å². The maximum Gasteiger partial charge on any atom is 0.214 e. The summed E-state index contributed by atoms with van der Waals surface area (Å²) in [6.07, 6.45) is 15.4. The number of aromatic amines is 1. The Morgan fingerprint density at radius 1 is 0.846 bits per heavy atom. The van der Waals surface area contributed by atoms with Gasteiger partial charge >= 0.3 is 0 Å². The van der Waals surface area contributed by atoms with Gasteiger partial charge in [0.2, 0.25) is 5.11 Å². The van der Waals surface area contributed by atoms with Crippen molar-refractivity contribution in [2.24, 2.45) is 51.5 Å². The molecular weight excluding hydrogens is 523 g/mol. The van der Waals surface area contributed by atoms with Crippen LogP contribution in [0.25, 0.3) is 10.9 Å². The summed E-state index contributed by atoms with van der Waals surface area (Å²) < 4.78 is 0. The predicted molar refractivity (Wildman–Crippen MR) is 163 cm³/mol. The molecule has 9 heteroatoms. The van der Waals surface area contributed by atoms with Crippen molar-refractivity contribution in [3.05, 3.63) is 24.3 Å². The maximum atomic E-state index is 6.43. The lowest BCUT2D eigenvalue weighted by Crippen LogP contribution is -2.64. The molecule has 8 aliphatic rings. The van der Waals surface area contributed by atoms with Gasteiger partial charge in [0.1, 0.15) is 5.69 Å². The molecule has 1 heterocycles. The van der Waals surface area contributed by atoms with E-state index in [2.05, 4.69) is 38.0 Å². The maximum absolute atomic E-state index is 6.43. The molecule has 0 unspecified atom stereocenters. The molecule has 8 saturated carbocycles. The molecule has 7 nitrogen and oxygen atoms in total. The molecule has 206 valence electrons. The molecule has 2 aromatic rings. The quantitative estimate of drug-likeness (QED) is 0.180.